The van der Waals surface area contributed by atoms with Crippen molar-refractivity contribution < 1.29 is 13.5 Å². The molecule has 0 heterocycles. The van der Waals surface area contributed by atoms with Crippen LogP contribution in [0.25, 0.3) is 10.8 Å². The summed E-state index contributed by atoms with van der Waals surface area (Å²) in [5.41, 5.74) is 0.657. The monoisotopic (exact) mass is 311 g/mol. The van der Waals surface area contributed by atoms with E-state index in [4.69, 9.17) is 4.74 Å². The number of halogens is 2. The molecule has 0 unspecified atom stereocenters. The Morgan fingerprint density at radius 3 is 2.26 bits per heavy atom. The number of ether oxygens (including phenoxy) is 1. The maximum absolute atomic E-state index is 13.5. The molecular weight excluding hydrogens is 296 g/mol. The first kappa shape index (κ1) is 15.2. The predicted molar refractivity (Wildman–Crippen MR) is 89.1 cm³/mol. The molecule has 0 spiro atoms. The van der Waals surface area contributed by atoms with Gasteiger partial charge in [0.05, 0.1) is 12.8 Å². The highest BCUT2D eigenvalue weighted by atomic mass is 19.3. The van der Waals surface area contributed by atoms with Crippen LogP contribution in [-0.4, -0.2) is 19.2 Å². The molecule has 3 aromatic rings. The van der Waals surface area contributed by atoms with Crippen LogP contribution in [0.15, 0.2) is 71.7 Å². The molecule has 0 aliphatic heterocycles. The van der Waals surface area contributed by atoms with E-state index in [9.17, 15) is 8.78 Å². The van der Waals surface area contributed by atoms with Gasteiger partial charge in [0.15, 0.2) is 0 Å². The van der Waals surface area contributed by atoms with E-state index in [0.29, 0.717) is 17.0 Å². The first-order valence-electron chi connectivity index (χ1n) is 7.17. The van der Waals surface area contributed by atoms with Gasteiger partial charge in [-0.15, -0.1) is 0 Å². The van der Waals surface area contributed by atoms with Crippen LogP contribution in [0.1, 0.15) is 5.56 Å². The first-order valence-corrected chi connectivity index (χ1v) is 7.17. The van der Waals surface area contributed by atoms with Crippen molar-refractivity contribution in [3.05, 3.63) is 72.3 Å². The zero-order chi connectivity index (χ0) is 16.2. The first-order chi connectivity index (χ1) is 11.2. The third kappa shape index (κ3) is 3.37. The van der Waals surface area contributed by atoms with Crippen molar-refractivity contribution in [2.75, 3.05) is 7.11 Å². The Morgan fingerprint density at radius 1 is 0.913 bits per heavy atom. The molecule has 0 bridgehead atoms. The van der Waals surface area contributed by atoms with Crippen LogP contribution in [0.4, 0.5) is 14.5 Å². The van der Waals surface area contributed by atoms with E-state index in [0.717, 1.165) is 10.8 Å². The van der Waals surface area contributed by atoms with E-state index in [1.54, 1.807) is 43.5 Å². The normalized spacial score (nSPS) is 11.9. The number of hydrogen-bond donors (Lipinski definition) is 0. The summed E-state index contributed by atoms with van der Waals surface area (Å²) in [4.78, 5) is 4.12. The number of hydrogen-bond acceptors (Lipinski definition) is 2. The highest BCUT2D eigenvalue weighted by Crippen LogP contribution is 2.23. The van der Waals surface area contributed by atoms with Crippen molar-refractivity contribution in [3.8, 4) is 5.75 Å². The van der Waals surface area contributed by atoms with Crippen molar-refractivity contribution in [1.82, 2.24) is 0 Å². The lowest BCUT2D eigenvalue weighted by Gasteiger charge is -2.08. The average Bonchev–Trinajstić information content (AvgIpc) is 2.59. The highest BCUT2D eigenvalue weighted by Gasteiger charge is 2.16. The second kappa shape index (κ2) is 6.57. The molecule has 0 radical (unpaired) electrons. The van der Waals surface area contributed by atoms with Crippen molar-refractivity contribution in [3.63, 3.8) is 0 Å². The zero-order valence-electron chi connectivity index (χ0n) is 12.5. The van der Waals surface area contributed by atoms with Crippen LogP contribution < -0.4 is 4.74 Å². The van der Waals surface area contributed by atoms with Gasteiger partial charge in [0.25, 0.3) is 6.43 Å². The fraction of sp³-hybridized carbons (Fsp3) is 0.105. The number of rotatable bonds is 4. The summed E-state index contributed by atoms with van der Waals surface area (Å²) in [5.74, 6) is 0.660. The van der Waals surface area contributed by atoms with E-state index in [-0.39, 0.29) is 5.71 Å². The van der Waals surface area contributed by atoms with Gasteiger partial charge in [-0.05, 0) is 41.1 Å². The maximum atomic E-state index is 13.5. The summed E-state index contributed by atoms with van der Waals surface area (Å²) in [6, 6.07) is 19.6. The number of aliphatic imine (C=N–C) groups is 1. The molecule has 3 aromatic carbocycles. The van der Waals surface area contributed by atoms with Gasteiger partial charge < -0.3 is 4.74 Å². The standard InChI is InChI=1S/C19H15F2NO/c1-23-17-10-8-16(9-11-17)22-18(19(20)21)15-7-6-13-4-2-3-5-14(13)12-15/h2-12,19H,1H3. The lowest BCUT2D eigenvalue weighted by Crippen LogP contribution is -2.11. The van der Waals surface area contributed by atoms with Gasteiger partial charge >= 0.3 is 0 Å². The average molecular weight is 311 g/mol. The van der Waals surface area contributed by atoms with Gasteiger partial charge in [-0.2, -0.15) is 0 Å². The van der Waals surface area contributed by atoms with Crippen LogP contribution in [0.2, 0.25) is 0 Å². The molecule has 2 nitrogen and oxygen atoms in total. The van der Waals surface area contributed by atoms with Crippen molar-refractivity contribution in [2.45, 2.75) is 6.43 Å². The molecule has 4 heteroatoms. The Morgan fingerprint density at radius 2 is 1.61 bits per heavy atom. The summed E-state index contributed by atoms with van der Waals surface area (Å²) < 4.78 is 32.0. The Kier molecular flexibility index (Phi) is 4.33. The summed E-state index contributed by atoms with van der Waals surface area (Å²) in [6.07, 6.45) is -2.65. The van der Waals surface area contributed by atoms with Gasteiger partial charge in [-0.3, -0.25) is 0 Å². The Labute approximate surface area is 133 Å². The molecule has 0 saturated heterocycles. The highest BCUT2D eigenvalue weighted by molar-refractivity contribution is 6.06. The van der Waals surface area contributed by atoms with E-state index in [2.05, 4.69) is 4.99 Å². The van der Waals surface area contributed by atoms with Crippen molar-refractivity contribution in [1.29, 1.82) is 0 Å². The third-order valence-corrected chi connectivity index (χ3v) is 3.57. The molecule has 0 aromatic heterocycles. The largest absolute Gasteiger partial charge is 0.497 e. The molecule has 0 fully saturated rings. The molecule has 0 saturated carbocycles. The summed E-state index contributed by atoms with van der Waals surface area (Å²) >= 11 is 0. The number of nitrogens with zero attached hydrogens (tertiary/aromatic N) is 1. The van der Waals surface area contributed by atoms with Crippen LogP contribution in [0, 0.1) is 0 Å². The van der Waals surface area contributed by atoms with Crippen LogP contribution in [0.3, 0.4) is 0 Å². The molecule has 0 atom stereocenters. The van der Waals surface area contributed by atoms with Crippen LogP contribution in [0.5, 0.6) is 5.75 Å². The third-order valence-electron chi connectivity index (χ3n) is 3.57. The van der Waals surface area contributed by atoms with E-state index < -0.39 is 6.43 Å². The molecule has 0 amide bonds. The zero-order valence-corrected chi connectivity index (χ0v) is 12.5. The van der Waals surface area contributed by atoms with Gasteiger partial charge in [-0.1, -0.05) is 36.4 Å². The molecule has 0 aliphatic carbocycles. The van der Waals surface area contributed by atoms with Crippen LogP contribution >= 0.6 is 0 Å². The maximum Gasteiger partial charge on any atom is 0.280 e. The lowest BCUT2D eigenvalue weighted by atomic mass is 10.0. The minimum atomic E-state index is -2.65. The Hall–Kier alpha value is -2.75. The lowest BCUT2D eigenvalue weighted by molar-refractivity contribution is 0.226. The minimum absolute atomic E-state index is 0.235. The molecule has 0 aliphatic rings. The van der Waals surface area contributed by atoms with Crippen molar-refractivity contribution >= 4 is 22.2 Å². The summed E-state index contributed by atoms with van der Waals surface area (Å²) in [5, 5.41) is 1.92. The van der Waals surface area contributed by atoms with Gasteiger partial charge in [-0.25, -0.2) is 13.8 Å². The number of fused-ring (bicyclic) bond motifs is 1. The second-order valence-corrected chi connectivity index (χ2v) is 5.06. The fourth-order valence-corrected chi connectivity index (χ4v) is 2.38. The molecule has 23 heavy (non-hydrogen) atoms. The molecular formula is C19H15F2NO. The summed E-state index contributed by atoms with van der Waals surface area (Å²) in [7, 11) is 1.55. The number of methoxy groups -OCH3 is 1. The smallest absolute Gasteiger partial charge is 0.280 e. The molecule has 3 rings (SSSR count). The minimum Gasteiger partial charge on any atom is -0.497 e. The van der Waals surface area contributed by atoms with Gasteiger partial charge in [0.1, 0.15) is 11.5 Å². The number of benzene rings is 3. The molecule has 0 N–H and O–H groups in total. The topological polar surface area (TPSA) is 21.6 Å². The second-order valence-electron chi connectivity index (χ2n) is 5.06. The predicted octanol–water partition coefficient (Wildman–Crippen LogP) is 5.23. The molecule has 116 valence electrons. The summed E-state index contributed by atoms with van der Waals surface area (Å²) in [6.45, 7) is 0. The van der Waals surface area contributed by atoms with Crippen LogP contribution in [-0.2, 0) is 0 Å². The van der Waals surface area contributed by atoms with E-state index in [1.807, 2.05) is 30.3 Å². The Bertz CT molecular complexity index is 841. The quantitative estimate of drug-likeness (QED) is 0.604. The Balaban J connectivity index is 2.03. The fourth-order valence-electron chi connectivity index (χ4n) is 2.38. The number of alkyl halides is 2. The SMILES string of the molecule is COc1ccc(N=C(c2ccc3ccccc3c2)C(F)F)cc1. The van der Waals surface area contributed by atoms with E-state index >= 15 is 0 Å². The van der Waals surface area contributed by atoms with Gasteiger partial charge in [0.2, 0.25) is 0 Å². The van der Waals surface area contributed by atoms with Gasteiger partial charge in [0, 0.05) is 5.56 Å². The van der Waals surface area contributed by atoms with Crippen molar-refractivity contribution in [2.24, 2.45) is 4.99 Å². The van der Waals surface area contributed by atoms with E-state index in [1.165, 1.54) is 0 Å².